The lowest BCUT2D eigenvalue weighted by Crippen LogP contribution is -2.12. The van der Waals surface area contributed by atoms with Gasteiger partial charge >= 0.3 is 5.97 Å². The molecule has 0 saturated carbocycles. The van der Waals surface area contributed by atoms with Gasteiger partial charge in [0.25, 0.3) is 0 Å². The Morgan fingerprint density at radius 2 is 1.81 bits per heavy atom. The second-order valence-electron chi connectivity index (χ2n) is 5.54. The summed E-state index contributed by atoms with van der Waals surface area (Å²) in [4.78, 5) is 28.0. The predicted molar refractivity (Wildman–Crippen MR) is 110 cm³/mol. The SMILES string of the molecule is Br.COC(=O)COc1ccc(C(=O)CSc2nc3ccccc3n2C)cc1. The zero-order valence-electron chi connectivity index (χ0n) is 14.9. The van der Waals surface area contributed by atoms with Gasteiger partial charge in [0.1, 0.15) is 5.75 Å². The zero-order chi connectivity index (χ0) is 18.5. The minimum absolute atomic E-state index is 0. The first-order chi connectivity index (χ1) is 12.6. The molecule has 0 fully saturated rings. The van der Waals surface area contributed by atoms with Crippen molar-refractivity contribution >= 4 is 51.5 Å². The van der Waals surface area contributed by atoms with Crippen LogP contribution in [0.15, 0.2) is 53.7 Å². The fourth-order valence-corrected chi connectivity index (χ4v) is 3.29. The number of ether oxygens (including phenoxy) is 2. The van der Waals surface area contributed by atoms with Crippen LogP contribution < -0.4 is 4.74 Å². The number of hydrogen-bond acceptors (Lipinski definition) is 6. The molecule has 0 aliphatic heterocycles. The van der Waals surface area contributed by atoms with Crippen molar-refractivity contribution in [3.8, 4) is 5.75 Å². The van der Waals surface area contributed by atoms with E-state index in [4.69, 9.17) is 4.74 Å². The number of benzene rings is 2. The van der Waals surface area contributed by atoms with Gasteiger partial charge in [-0.2, -0.15) is 0 Å². The van der Waals surface area contributed by atoms with Crippen LogP contribution in [-0.4, -0.2) is 40.8 Å². The first-order valence-corrected chi connectivity index (χ1v) is 8.94. The minimum atomic E-state index is -0.455. The van der Waals surface area contributed by atoms with Crippen LogP contribution in [0, 0.1) is 0 Å². The number of carbonyl (C=O) groups excluding carboxylic acids is 2. The number of fused-ring (bicyclic) bond motifs is 1. The van der Waals surface area contributed by atoms with Gasteiger partial charge in [0, 0.05) is 12.6 Å². The zero-order valence-corrected chi connectivity index (χ0v) is 17.4. The maximum absolute atomic E-state index is 12.4. The maximum atomic E-state index is 12.4. The third kappa shape index (κ3) is 5.11. The third-order valence-electron chi connectivity index (χ3n) is 3.84. The van der Waals surface area contributed by atoms with Gasteiger partial charge in [0.15, 0.2) is 17.5 Å². The van der Waals surface area contributed by atoms with Gasteiger partial charge in [-0.15, -0.1) is 17.0 Å². The van der Waals surface area contributed by atoms with Crippen LogP contribution in [0.5, 0.6) is 5.75 Å². The van der Waals surface area contributed by atoms with Crippen LogP contribution in [0.3, 0.4) is 0 Å². The van der Waals surface area contributed by atoms with Gasteiger partial charge < -0.3 is 14.0 Å². The number of nitrogens with zero attached hydrogens (tertiary/aromatic N) is 2. The summed E-state index contributed by atoms with van der Waals surface area (Å²) < 4.78 is 11.8. The van der Waals surface area contributed by atoms with Crippen LogP contribution in [0.2, 0.25) is 0 Å². The summed E-state index contributed by atoms with van der Waals surface area (Å²) in [5.41, 5.74) is 2.54. The molecule has 0 saturated heterocycles. The molecule has 2 aromatic carbocycles. The van der Waals surface area contributed by atoms with E-state index in [1.54, 1.807) is 24.3 Å². The number of hydrogen-bond donors (Lipinski definition) is 0. The highest BCUT2D eigenvalue weighted by molar-refractivity contribution is 8.93. The fraction of sp³-hybridized carbons (Fsp3) is 0.211. The first kappa shape index (κ1) is 21.0. The molecule has 3 aromatic rings. The molecule has 142 valence electrons. The van der Waals surface area contributed by atoms with Gasteiger partial charge in [-0.05, 0) is 36.4 Å². The number of aryl methyl sites for hydroxylation is 1. The fourth-order valence-electron chi connectivity index (χ4n) is 2.40. The number of carbonyl (C=O) groups is 2. The summed E-state index contributed by atoms with van der Waals surface area (Å²) in [7, 11) is 3.24. The van der Waals surface area contributed by atoms with Crippen molar-refractivity contribution in [2.75, 3.05) is 19.5 Å². The highest BCUT2D eigenvalue weighted by atomic mass is 79.9. The third-order valence-corrected chi connectivity index (χ3v) is 4.87. The summed E-state index contributed by atoms with van der Waals surface area (Å²) in [6.45, 7) is -0.160. The minimum Gasteiger partial charge on any atom is -0.482 e. The van der Waals surface area contributed by atoms with Crippen molar-refractivity contribution in [3.63, 3.8) is 0 Å². The Balaban J connectivity index is 0.00000261. The Hall–Kier alpha value is -2.32. The molecule has 3 rings (SSSR count). The molecule has 1 aromatic heterocycles. The van der Waals surface area contributed by atoms with Crippen LogP contribution in [-0.2, 0) is 16.6 Å². The Kier molecular flexibility index (Phi) is 7.44. The smallest absolute Gasteiger partial charge is 0.343 e. The van der Waals surface area contributed by atoms with E-state index in [1.165, 1.54) is 18.9 Å². The average molecular weight is 451 g/mol. The number of halogens is 1. The molecule has 0 radical (unpaired) electrons. The van der Waals surface area contributed by atoms with E-state index < -0.39 is 5.97 Å². The molecule has 0 aliphatic rings. The van der Waals surface area contributed by atoms with E-state index in [9.17, 15) is 9.59 Å². The normalized spacial score (nSPS) is 10.3. The Bertz CT molecular complexity index is 941. The van der Waals surface area contributed by atoms with Crippen LogP contribution >= 0.6 is 28.7 Å². The number of imidazole rings is 1. The number of para-hydroxylation sites is 2. The molecule has 0 atom stereocenters. The molecule has 0 amide bonds. The standard InChI is InChI=1S/C19H18N2O4S.BrH/c1-21-16-6-4-3-5-15(16)20-19(21)26-12-17(22)13-7-9-14(10-8-13)25-11-18(23)24-2;/h3-10H,11-12H2,1-2H3;1H. The van der Waals surface area contributed by atoms with Gasteiger partial charge in [-0.1, -0.05) is 23.9 Å². The molecule has 0 aliphatic carbocycles. The predicted octanol–water partition coefficient (Wildman–Crippen LogP) is 3.68. The van der Waals surface area contributed by atoms with E-state index >= 15 is 0 Å². The summed E-state index contributed by atoms with van der Waals surface area (Å²) in [6, 6.07) is 14.6. The van der Waals surface area contributed by atoms with Crippen LogP contribution in [0.25, 0.3) is 11.0 Å². The largest absolute Gasteiger partial charge is 0.482 e. The Morgan fingerprint density at radius 3 is 2.48 bits per heavy atom. The highest BCUT2D eigenvalue weighted by Crippen LogP contribution is 2.23. The molecular weight excluding hydrogens is 432 g/mol. The van der Waals surface area contributed by atoms with Crippen molar-refractivity contribution < 1.29 is 19.1 Å². The second-order valence-corrected chi connectivity index (χ2v) is 6.49. The summed E-state index contributed by atoms with van der Waals surface area (Å²) in [6.07, 6.45) is 0. The van der Waals surface area contributed by atoms with E-state index in [1.807, 2.05) is 35.9 Å². The van der Waals surface area contributed by atoms with Crippen molar-refractivity contribution in [2.45, 2.75) is 5.16 Å². The lowest BCUT2D eigenvalue weighted by atomic mass is 10.1. The summed E-state index contributed by atoms with van der Waals surface area (Å²) in [5, 5.41) is 0.803. The van der Waals surface area contributed by atoms with Crippen molar-refractivity contribution in [2.24, 2.45) is 7.05 Å². The van der Waals surface area contributed by atoms with Gasteiger partial charge in [0.2, 0.25) is 0 Å². The molecule has 27 heavy (non-hydrogen) atoms. The van der Waals surface area contributed by atoms with Crippen LogP contribution in [0.1, 0.15) is 10.4 Å². The van der Waals surface area contributed by atoms with Gasteiger partial charge in [0.05, 0.1) is 23.9 Å². The Labute approximate surface area is 171 Å². The second kappa shape index (κ2) is 9.57. The van der Waals surface area contributed by atoms with Gasteiger partial charge in [-0.3, -0.25) is 4.79 Å². The number of Topliss-reactive ketones (excluding diaryl/α,β-unsaturated/α-hetero) is 1. The molecule has 0 N–H and O–H groups in total. The maximum Gasteiger partial charge on any atom is 0.343 e. The van der Waals surface area contributed by atoms with Crippen molar-refractivity contribution in [1.29, 1.82) is 0 Å². The summed E-state index contributed by atoms with van der Waals surface area (Å²) >= 11 is 1.41. The van der Waals surface area contributed by atoms with E-state index in [0.717, 1.165) is 16.2 Å². The molecular formula is C19H19BrN2O4S. The molecule has 1 heterocycles. The number of aromatic nitrogens is 2. The number of methoxy groups -OCH3 is 1. The average Bonchev–Trinajstić information content (AvgIpc) is 3.00. The van der Waals surface area contributed by atoms with Gasteiger partial charge in [-0.25, -0.2) is 9.78 Å². The quantitative estimate of drug-likeness (QED) is 0.310. The highest BCUT2D eigenvalue weighted by Gasteiger charge is 2.12. The molecule has 0 spiro atoms. The van der Waals surface area contributed by atoms with E-state index in [-0.39, 0.29) is 29.4 Å². The number of thioether (sulfide) groups is 1. The topological polar surface area (TPSA) is 70.4 Å². The Morgan fingerprint density at radius 1 is 1.11 bits per heavy atom. The number of ketones is 1. The lowest BCUT2D eigenvalue weighted by molar-refractivity contribution is -0.142. The van der Waals surface area contributed by atoms with E-state index in [2.05, 4.69) is 9.72 Å². The monoisotopic (exact) mass is 450 g/mol. The van der Waals surface area contributed by atoms with Crippen molar-refractivity contribution in [3.05, 3.63) is 54.1 Å². The van der Waals surface area contributed by atoms with E-state index in [0.29, 0.717) is 17.1 Å². The van der Waals surface area contributed by atoms with Crippen molar-refractivity contribution in [1.82, 2.24) is 9.55 Å². The lowest BCUT2D eigenvalue weighted by Gasteiger charge is -2.06. The van der Waals surface area contributed by atoms with Crippen LogP contribution in [0.4, 0.5) is 0 Å². The number of esters is 1. The molecule has 6 nitrogen and oxygen atoms in total. The molecule has 8 heteroatoms. The summed E-state index contributed by atoms with van der Waals surface area (Å²) in [5.74, 6) is 0.347. The number of rotatable bonds is 7. The molecule has 0 bridgehead atoms. The molecule has 0 unspecified atom stereocenters. The first-order valence-electron chi connectivity index (χ1n) is 7.95.